The number of benzene rings is 1. The molecule has 0 bridgehead atoms. The van der Waals surface area contributed by atoms with Crippen molar-refractivity contribution in [2.24, 2.45) is 0 Å². The maximum absolute atomic E-state index is 12.9. The van der Waals surface area contributed by atoms with Crippen LogP contribution in [0.3, 0.4) is 0 Å². The van der Waals surface area contributed by atoms with Gasteiger partial charge in [0.2, 0.25) is 15.8 Å². The number of anilines is 1. The molecule has 142 valence electrons. The SMILES string of the molecule is O=S(=O)(Nc1ncnn1-c1ncccn1)c1ccccc1S(=O)(=O)C(F)F. The zero-order valence-electron chi connectivity index (χ0n) is 13.1. The summed E-state index contributed by atoms with van der Waals surface area (Å²) in [5.74, 6) is -4.15. The van der Waals surface area contributed by atoms with Crippen molar-refractivity contribution in [2.75, 3.05) is 4.72 Å². The van der Waals surface area contributed by atoms with Crippen LogP contribution in [0.5, 0.6) is 0 Å². The van der Waals surface area contributed by atoms with Crippen molar-refractivity contribution in [2.45, 2.75) is 15.5 Å². The van der Waals surface area contributed by atoms with Crippen LogP contribution in [-0.4, -0.2) is 47.3 Å². The minimum Gasteiger partial charge on any atom is -0.247 e. The van der Waals surface area contributed by atoms with E-state index in [0.29, 0.717) is 0 Å². The van der Waals surface area contributed by atoms with Gasteiger partial charge in [-0.25, -0.2) is 31.5 Å². The molecule has 0 unspecified atom stereocenters. The second-order valence-corrected chi connectivity index (χ2v) is 8.44. The predicted octanol–water partition coefficient (Wildman–Crippen LogP) is 0.854. The molecule has 0 saturated carbocycles. The molecule has 0 aliphatic heterocycles. The van der Waals surface area contributed by atoms with Gasteiger partial charge in [0, 0.05) is 12.4 Å². The van der Waals surface area contributed by atoms with Crippen LogP contribution in [0, 0.1) is 0 Å². The van der Waals surface area contributed by atoms with E-state index in [1.54, 1.807) is 0 Å². The minimum absolute atomic E-state index is 0.0128. The number of alkyl halides is 2. The number of hydrogen-bond donors (Lipinski definition) is 1. The zero-order chi connectivity index (χ0) is 19.7. The molecule has 2 heterocycles. The van der Waals surface area contributed by atoms with Crippen molar-refractivity contribution < 1.29 is 25.6 Å². The molecule has 2 aromatic heterocycles. The number of halogens is 2. The number of sulfonamides is 1. The Morgan fingerprint density at radius 2 is 1.56 bits per heavy atom. The average Bonchev–Trinajstić information content (AvgIpc) is 3.09. The molecule has 1 aromatic carbocycles. The highest BCUT2D eigenvalue weighted by Gasteiger charge is 2.33. The highest BCUT2D eigenvalue weighted by atomic mass is 32.2. The monoisotopic (exact) mass is 416 g/mol. The maximum atomic E-state index is 12.9. The van der Waals surface area contributed by atoms with E-state index in [2.05, 4.69) is 20.1 Å². The summed E-state index contributed by atoms with van der Waals surface area (Å²) < 4.78 is 77.6. The lowest BCUT2D eigenvalue weighted by molar-refractivity contribution is 0.234. The summed E-state index contributed by atoms with van der Waals surface area (Å²) in [6.45, 7) is 0. The van der Waals surface area contributed by atoms with E-state index in [-0.39, 0.29) is 11.9 Å². The Balaban J connectivity index is 2.06. The number of aromatic nitrogens is 5. The topological polar surface area (TPSA) is 137 Å². The first kappa shape index (κ1) is 18.8. The molecule has 0 aliphatic carbocycles. The summed E-state index contributed by atoms with van der Waals surface area (Å²) in [4.78, 5) is 9.60. The molecule has 0 atom stereocenters. The van der Waals surface area contributed by atoms with E-state index in [4.69, 9.17) is 0 Å². The van der Waals surface area contributed by atoms with Gasteiger partial charge in [0.15, 0.2) is 0 Å². The van der Waals surface area contributed by atoms with Gasteiger partial charge in [-0.2, -0.15) is 23.5 Å². The Kier molecular flexibility index (Phi) is 4.84. The fourth-order valence-corrected chi connectivity index (χ4v) is 4.60. The highest BCUT2D eigenvalue weighted by Crippen LogP contribution is 2.27. The Hall–Kier alpha value is -3.00. The first-order chi connectivity index (χ1) is 12.7. The lowest BCUT2D eigenvalue weighted by atomic mass is 10.4. The summed E-state index contributed by atoms with van der Waals surface area (Å²) in [6, 6.07) is 5.52. The zero-order valence-corrected chi connectivity index (χ0v) is 14.8. The predicted molar refractivity (Wildman–Crippen MR) is 87.4 cm³/mol. The molecule has 10 nitrogen and oxygen atoms in total. The van der Waals surface area contributed by atoms with Crippen LogP contribution in [0.15, 0.2) is 58.8 Å². The molecule has 3 rings (SSSR count). The summed E-state index contributed by atoms with van der Waals surface area (Å²) in [5.41, 5.74) is 0. The maximum Gasteiger partial charge on any atom is 0.341 e. The molecule has 14 heteroatoms. The van der Waals surface area contributed by atoms with E-state index in [1.807, 2.05) is 4.72 Å². The van der Waals surface area contributed by atoms with E-state index in [9.17, 15) is 25.6 Å². The Morgan fingerprint density at radius 3 is 2.19 bits per heavy atom. The van der Waals surface area contributed by atoms with Crippen LogP contribution >= 0.6 is 0 Å². The van der Waals surface area contributed by atoms with Crippen LogP contribution in [0.25, 0.3) is 5.95 Å². The van der Waals surface area contributed by atoms with Gasteiger partial charge in [0.25, 0.3) is 16.0 Å². The molecular weight excluding hydrogens is 406 g/mol. The van der Waals surface area contributed by atoms with E-state index >= 15 is 0 Å². The molecule has 0 saturated heterocycles. The fourth-order valence-electron chi connectivity index (χ4n) is 2.04. The van der Waals surface area contributed by atoms with Crippen LogP contribution in [-0.2, 0) is 19.9 Å². The molecule has 1 N–H and O–H groups in total. The molecule has 0 aliphatic rings. The number of rotatable bonds is 6. The third-order valence-electron chi connectivity index (χ3n) is 3.19. The van der Waals surface area contributed by atoms with Crippen molar-refractivity contribution in [1.29, 1.82) is 0 Å². The lowest BCUT2D eigenvalue weighted by Crippen LogP contribution is -2.21. The second-order valence-electron chi connectivity index (χ2n) is 4.90. The molecule has 0 radical (unpaired) electrons. The fraction of sp³-hybridized carbons (Fsp3) is 0.0769. The van der Waals surface area contributed by atoms with E-state index in [0.717, 1.165) is 29.2 Å². The van der Waals surface area contributed by atoms with Crippen LogP contribution in [0.2, 0.25) is 0 Å². The van der Waals surface area contributed by atoms with E-state index < -0.39 is 35.4 Å². The number of sulfone groups is 1. The van der Waals surface area contributed by atoms with Crippen molar-refractivity contribution >= 4 is 25.8 Å². The average molecular weight is 416 g/mol. The smallest absolute Gasteiger partial charge is 0.247 e. The van der Waals surface area contributed by atoms with E-state index in [1.165, 1.54) is 24.5 Å². The number of nitrogens with one attached hydrogen (secondary N) is 1. The Bertz CT molecular complexity index is 1170. The summed E-state index contributed by atoms with van der Waals surface area (Å²) in [7, 11) is -9.75. The third-order valence-corrected chi connectivity index (χ3v) is 6.15. The van der Waals surface area contributed by atoms with Crippen LogP contribution in [0.4, 0.5) is 14.7 Å². The summed E-state index contributed by atoms with van der Waals surface area (Å²) in [6.07, 6.45) is 3.77. The Morgan fingerprint density at radius 1 is 0.926 bits per heavy atom. The van der Waals surface area contributed by atoms with Crippen LogP contribution in [0.1, 0.15) is 0 Å². The molecule has 0 spiro atoms. The molecule has 0 fully saturated rings. The molecule has 0 amide bonds. The molecular formula is C13H10F2N6O4S2. The van der Waals surface area contributed by atoms with Gasteiger partial charge in [-0.15, -0.1) is 0 Å². The first-order valence-electron chi connectivity index (χ1n) is 7.05. The largest absolute Gasteiger partial charge is 0.341 e. The lowest BCUT2D eigenvalue weighted by Gasteiger charge is -2.12. The van der Waals surface area contributed by atoms with Gasteiger partial charge < -0.3 is 0 Å². The highest BCUT2D eigenvalue weighted by molar-refractivity contribution is 7.95. The minimum atomic E-state index is -5.15. The van der Waals surface area contributed by atoms with Crippen molar-refractivity contribution in [3.63, 3.8) is 0 Å². The van der Waals surface area contributed by atoms with Gasteiger partial charge in [-0.05, 0) is 18.2 Å². The normalized spacial score (nSPS) is 12.3. The summed E-state index contributed by atoms with van der Waals surface area (Å²) in [5, 5.41) is 3.78. The standard InChI is InChI=1S/C13H10F2N6O4S2/c14-11(15)26(22,23)9-4-1-2-5-10(9)27(24,25)20-13-18-8-19-21(13)12-16-6-3-7-17-12/h1-8,11H,(H,18,19,20). The number of hydrogen-bond acceptors (Lipinski definition) is 8. The van der Waals surface area contributed by atoms with Gasteiger partial charge in [0.05, 0.1) is 4.90 Å². The summed E-state index contributed by atoms with van der Waals surface area (Å²) >= 11 is 0. The van der Waals surface area contributed by atoms with Crippen molar-refractivity contribution in [1.82, 2.24) is 24.7 Å². The van der Waals surface area contributed by atoms with Crippen molar-refractivity contribution in [3.05, 3.63) is 49.1 Å². The van der Waals surface area contributed by atoms with Gasteiger partial charge in [-0.1, -0.05) is 12.1 Å². The third kappa shape index (κ3) is 3.61. The van der Waals surface area contributed by atoms with Crippen LogP contribution < -0.4 is 4.72 Å². The number of nitrogens with zero attached hydrogens (tertiary/aromatic N) is 5. The first-order valence-corrected chi connectivity index (χ1v) is 10.1. The van der Waals surface area contributed by atoms with Gasteiger partial charge in [-0.3, -0.25) is 0 Å². The van der Waals surface area contributed by atoms with Crippen molar-refractivity contribution in [3.8, 4) is 5.95 Å². The second kappa shape index (κ2) is 6.96. The Labute approximate surface area is 151 Å². The quantitative estimate of drug-likeness (QED) is 0.625. The van der Waals surface area contributed by atoms with Gasteiger partial charge >= 0.3 is 5.76 Å². The molecule has 27 heavy (non-hydrogen) atoms. The van der Waals surface area contributed by atoms with Gasteiger partial charge in [0.1, 0.15) is 11.2 Å². The molecule has 3 aromatic rings.